The number of hydrogen-bond donors (Lipinski definition) is 4. The van der Waals surface area contributed by atoms with Gasteiger partial charge in [0, 0.05) is 32.6 Å². The summed E-state index contributed by atoms with van der Waals surface area (Å²) in [6, 6.07) is 20.7. The van der Waals surface area contributed by atoms with Crippen LogP contribution in [0.2, 0.25) is 0 Å². The van der Waals surface area contributed by atoms with Gasteiger partial charge in [0.1, 0.15) is 0 Å². The molecule has 19 heteroatoms. The van der Waals surface area contributed by atoms with Gasteiger partial charge in [-0.25, -0.2) is 9.59 Å². The summed E-state index contributed by atoms with van der Waals surface area (Å²) in [5.41, 5.74) is 0.660. The van der Waals surface area contributed by atoms with Crippen LogP contribution in [-0.4, -0.2) is 56.4 Å². The molecule has 64 heavy (non-hydrogen) atoms. The molecule has 2 aromatic heterocycles. The monoisotopic (exact) mass is 1110 g/mol. The van der Waals surface area contributed by atoms with Crippen LogP contribution in [0.1, 0.15) is 58.3 Å². The summed E-state index contributed by atoms with van der Waals surface area (Å²) in [5, 5.41) is 29.1. The van der Waals surface area contributed by atoms with Gasteiger partial charge in [-0.2, -0.15) is 26.3 Å². The van der Waals surface area contributed by atoms with Crippen LogP contribution in [0.3, 0.4) is 0 Å². The van der Waals surface area contributed by atoms with Gasteiger partial charge in [-0.15, -0.1) is 0 Å². The molecule has 0 saturated carbocycles. The van der Waals surface area contributed by atoms with E-state index >= 15 is 0 Å². The van der Waals surface area contributed by atoms with Crippen LogP contribution in [-0.2, 0) is 25.4 Å². The molecule has 0 radical (unpaired) electrons. The van der Waals surface area contributed by atoms with Gasteiger partial charge in [0.05, 0.1) is 57.1 Å². The molecular formula is C45H39F6I2N7O4. The third-order valence-electron chi connectivity index (χ3n) is 11.3. The number of benzene rings is 4. The summed E-state index contributed by atoms with van der Waals surface area (Å²) >= 11 is 4.30. The van der Waals surface area contributed by atoms with Crippen molar-refractivity contribution in [1.82, 2.24) is 24.7 Å². The van der Waals surface area contributed by atoms with Gasteiger partial charge < -0.3 is 34.9 Å². The van der Waals surface area contributed by atoms with E-state index < -0.39 is 47.6 Å². The van der Waals surface area contributed by atoms with E-state index in [-0.39, 0.29) is 34.5 Å². The largest absolute Gasteiger partial charge is 0.494 e. The summed E-state index contributed by atoms with van der Waals surface area (Å²) in [6.45, 7) is 1.68. The number of carbonyl (C=O) groups is 2. The Hall–Kier alpha value is -5.42. The fourth-order valence-corrected chi connectivity index (χ4v) is 8.90. The predicted molar refractivity (Wildman–Crippen MR) is 245 cm³/mol. The Kier molecular flexibility index (Phi) is 12.6. The van der Waals surface area contributed by atoms with Crippen molar-refractivity contribution in [2.75, 3.05) is 29.9 Å². The Morgan fingerprint density at radius 2 is 0.984 bits per heavy atom. The fourth-order valence-electron chi connectivity index (χ4n) is 8.19. The molecule has 4 N–H and O–H groups in total. The average Bonchev–Trinajstić information content (AvgIpc) is 3.75. The lowest BCUT2D eigenvalue weighted by Gasteiger charge is -2.33. The summed E-state index contributed by atoms with van der Waals surface area (Å²) in [5.74, 6) is -0.276. The summed E-state index contributed by atoms with van der Waals surface area (Å²) < 4.78 is 87.5. The third kappa shape index (κ3) is 9.10. The van der Waals surface area contributed by atoms with Gasteiger partial charge >= 0.3 is 24.4 Å². The van der Waals surface area contributed by atoms with Crippen molar-refractivity contribution in [3.8, 4) is 11.8 Å². The number of nitrogens with zero attached hydrogens (tertiary/aromatic N) is 5. The molecule has 4 aromatic carbocycles. The first-order valence-corrected chi connectivity index (χ1v) is 22.1. The quantitative estimate of drug-likeness (QED) is 0.0719. The maximum Gasteiger partial charge on any atom is 0.416 e. The van der Waals surface area contributed by atoms with Crippen molar-refractivity contribution < 1.29 is 46.1 Å². The molecule has 0 unspecified atom stereocenters. The number of anilines is 4. The van der Waals surface area contributed by atoms with Crippen molar-refractivity contribution in [2.24, 2.45) is 0 Å². The first-order chi connectivity index (χ1) is 30.4. The fraction of sp³-hybridized carbons (Fsp3) is 0.244. The number of urea groups is 2. The third-order valence-corrected chi connectivity index (χ3v) is 12.7. The van der Waals surface area contributed by atoms with Crippen molar-refractivity contribution in [3.63, 3.8) is 0 Å². The molecule has 0 fully saturated rings. The van der Waals surface area contributed by atoms with E-state index in [9.17, 15) is 46.1 Å². The Morgan fingerprint density at radius 1 is 0.609 bits per heavy atom. The van der Waals surface area contributed by atoms with Crippen LogP contribution < -0.4 is 20.4 Å². The smallest absolute Gasteiger partial charge is 0.416 e. The molecular weight excluding hydrogens is 1070 g/mol. The number of aromatic hydroxyl groups is 2. The molecule has 6 aromatic rings. The van der Waals surface area contributed by atoms with Gasteiger partial charge in [0.25, 0.3) is 0 Å². The molecule has 0 aliphatic carbocycles. The first kappa shape index (κ1) is 45.2. The van der Waals surface area contributed by atoms with Gasteiger partial charge in [0.15, 0.2) is 11.8 Å². The molecule has 11 nitrogen and oxygen atoms in total. The molecule has 4 heterocycles. The van der Waals surface area contributed by atoms with E-state index in [4.69, 9.17) is 0 Å². The highest BCUT2D eigenvalue weighted by molar-refractivity contribution is 14.1. The zero-order valence-corrected chi connectivity index (χ0v) is 38.1. The second-order valence-corrected chi connectivity index (χ2v) is 18.0. The topological polar surface area (TPSA) is 118 Å². The molecule has 8 rings (SSSR count). The van der Waals surface area contributed by atoms with E-state index in [1.54, 1.807) is 21.5 Å². The lowest BCUT2D eigenvalue weighted by molar-refractivity contribution is -0.138. The minimum atomic E-state index is -4.64. The van der Waals surface area contributed by atoms with Crippen molar-refractivity contribution in [2.45, 2.75) is 50.4 Å². The van der Waals surface area contributed by atoms with E-state index in [1.165, 1.54) is 24.3 Å². The zero-order valence-electron chi connectivity index (χ0n) is 33.8. The summed E-state index contributed by atoms with van der Waals surface area (Å²) in [4.78, 5) is 31.7. The van der Waals surface area contributed by atoms with E-state index in [1.807, 2.05) is 60.5 Å². The Balaban J connectivity index is 0.989. The van der Waals surface area contributed by atoms with Gasteiger partial charge in [-0.05, 0) is 150 Å². The molecule has 4 amide bonds. The Labute approximate surface area is 390 Å². The van der Waals surface area contributed by atoms with Crippen molar-refractivity contribution >= 4 is 80.0 Å². The highest BCUT2D eigenvalue weighted by atomic mass is 127. The summed E-state index contributed by atoms with van der Waals surface area (Å²) in [6.07, 6.45) is -5.09. The van der Waals surface area contributed by atoms with Crippen LogP contribution in [0.4, 0.5) is 58.7 Å². The number of hydrogen-bond acceptors (Lipinski definition) is 5. The molecule has 2 aliphatic heterocycles. The highest BCUT2D eigenvalue weighted by Crippen LogP contribution is 2.48. The van der Waals surface area contributed by atoms with Crippen molar-refractivity contribution in [3.05, 3.63) is 150 Å². The van der Waals surface area contributed by atoms with Gasteiger partial charge in [0.2, 0.25) is 0 Å². The molecule has 0 saturated heterocycles. The van der Waals surface area contributed by atoms with E-state index in [0.717, 1.165) is 41.2 Å². The number of amides is 4. The SMILES string of the molecule is CN(CCCn1cc2c(c1O)[C@@H](c1ccc(I)cc1)NC(=O)N2c1cccc(C(F)(F)F)c1)CCCn1cc2c(c1O)[C@@H](c1ccc(I)cc1)NC(=O)N2c1cccc(C(F)(F)F)c1. The maximum atomic E-state index is 13.7. The number of nitrogens with one attached hydrogen (secondary N) is 2. The number of aryl methyl sites for hydroxylation is 2. The number of halogens is 8. The molecule has 0 spiro atoms. The van der Waals surface area contributed by atoms with Crippen molar-refractivity contribution in [1.29, 1.82) is 0 Å². The second-order valence-electron chi connectivity index (χ2n) is 15.5. The average molecular weight is 1110 g/mol. The summed E-state index contributed by atoms with van der Waals surface area (Å²) in [7, 11) is 1.90. The molecule has 2 atom stereocenters. The second kappa shape index (κ2) is 17.9. The van der Waals surface area contributed by atoms with Crippen LogP contribution in [0.25, 0.3) is 0 Å². The standard InChI is InChI=1S/C45H39F6I2N7O4/c1-56(18-4-20-57-24-34-36(40(57)61)38(26-10-14-30(52)15-11-26)54-42(63)59(34)32-8-2-6-28(22-32)44(46,47)48)19-5-21-58-25-35-37(41(58)62)39(27-12-16-31(53)17-13-27)55-43(64)60(35)33-9-3-7-29(23-33)45(49,50)51/h2-3,6-17,22-25,38-39,61-62H,4-5,18-21H2,1H3,(H,54,63)(H,55,64)/t38-,39-/m1/s1. The number of rotatable bonds is 12. The predicted octanol–water partition coefficient (Wildman–Crippen LogP) is 11.3. The zero-order chi connectivity index (χ0) is 45.7. The minimum Gasteiger partial charge on any atom is -0.494 e. The number of alkyl halides is 6. The molecule has 0 bridgehead atoms. The maximum absolute atomic E-state index is 13.7. The van der Waals surface area contributed by atoms with Crippen LogP contribution in [0.5, 0.6) is 11.8 Å². The molecule has 2 aliphatic rings. The van der Waals surface area contributed by atoms with E-state index in [0.29, 0.717) is 61.3 Å². The number of fused-ring (bicyclic) bond motifs is 2. The lowest BCUT2D eigenvalue weighted by atomic mass is 9.97. The van der Waals surface area contributed by atoms with E-state index in [2.05, 4.69) is 55.8 Å². The number of carbonyl (C=O) groups excluding carboxylic acids is 2. The lowest BCUT2D eigenvalue weighted by Crippen LogP contribution is -2.44. The number of aromatic nitrogens is 2. The van der Waals surface area contributed by atoms with Crippen LogP contribution in [0, 0.1) is 7.14 Å². The van der Waals surface area contributed by atoms with Gasteiger partial charge in [-0.3, -0.25) is 9.80 Å². The molecule has 334 valence electrons. The van der Waals surface area contributed by atoms with Gasteiger partial charge in [-0.1, -0.05) is 36.4 Å². The van der Waals surface area contributed by atoms with Crippen LogP contribution in [0.15, 0.2) is 109 Å². The van der Waals surface area contributed by atoms with Crippen LogP contribution >= 0.6 is 45.2 Å². The highest BCUT2D eigenvalue weighted by Gasteiger charge is 2.41. The normalized spacial score (nSPS) is 16.5. The first-order valence-electron chi connectivity index (χ1n) is 20.0. The Bertz CT molecular complexity index is 2520. The minimum absolute atomic E-state index is 0.0160. The Morgan fingerprint density at radius 3 is 1.34 bits per heavy atom.